The molecule has 1 atom stereocenters. The Morgan fingerprint density at radius 1 is 1.00 bits per heavy atom. The van der Waals surface area contributed by atoms with Crippen LogP contribution >= 0.6 is 0 Å². The van der Waals surface area contributed by atoms with Crippen molar-refractivity contribution in [2.24, 2.45) is 0 Å². The van der Waals surface area contributed by atoms with Crippen LogP contribution in [0.4, 0.5) is 0 Å². The van der Waals surface area contributed by atoms with E-state index in [0.29, 0.717) is 0 Å². The van der Waals surface area contributed by atoms with Crippen molar-refractivity contribution in [3.8, 4) is 5.69 Å². The second-order valence-electron chi connectivity index (χ2n) is 6.58. The van der Waals surface area contributed by atoms with Crippen molar-refractivity contribution in [1.82, 2.24) is 4.57 Å². The number of allylic oxidation sites excluding steroid dienone is 1. The second kappa shape index (κ2) is 3.31. The zero-order valence-corrected chi connectivity index (χ0v) is 13.0. The molecule has 0 amide bonds. The monoisotopic (exact) mass is 265 g/mol. The van der Waals surface area contributed by atoms with Crippen LogP contribution in [0, 0.1) is 6.92 Å². The molecule has 1 nitrogen and oxygen atoms in total. The lowest BCUT2D eigenvalue weighted by atomic mass is 10.2. The highest BCUT2D eigenvalue weighted by Gasteiger charge is 2.55. The van der Waals surface area contributed by atoms with Crippen molar-refractivity contribution in [2.45, 2.75) is 32.5 Å². The fourth-order valence-corrected chi connectivity index (χ4v) is 8.58. The van der Waals surface area contributed by atoms with Gasteiger partial charge in [-0.1, -0.05) is 41.6 Å². The molecule has 1 aliphatic carbocycles. The molecule has 0 fully saturated rings. The van der Waals surface area contributed by atoms with Gasteiger partial charge in [0.15, 0.2) is 0 Å². The molecule has 2 aliphatic heterocycles. The summed E-state index contributed by atoms with van der Waals surface area (Å²) in [6, 6.07) is 8.79. The topological polar surface area (TPSA) is 4.93 Å². The smallest absolute Gasteiger partial charge is 0.0931 e. The van der Waals surface area contributed by atoms with Crippen LogP contribution in [-0.2, 0) is 0 Å². The number of rotatable bonds is 1. The second-order valence-corrected chi connectivity index (χ2v) is 11.1. The van der Waals surface area contributed by atoms with Gasteiger partial charge in [-0.05, 0) is 37.1 Å². The molecule has 0 saturated heterocycles. The van der Waals surface area contributed by atoms with Crippen molar-refractivity contribution in [2.75, 3.05) is 0 Å². The van der Waals surface area contributed by atoms with Gasteiger partial charge in [0.05, 0.1) is 8.07 Å². The van der Waals surface area contributed by atoms with E-state index in [9.17, 15) is 0 Å². The number of benzene rings is 1. The van der Waals surface area contributed by atoms with Gasteiger partial charge in [-0.25, -0.2) is 0 Å². The Morgan fingerprint density at radius 2 is 1.68 bits per heavy atom. The van der Waals surface area contributed by atoms with Gasteiger partial charge in [0, 0.05) is 23.6 Å². The Balaban J connectivity index is 1.81. The van der Waals surface area contributed by atoms with Crippen LogP contribution in [0.3, 0.4) is 0 Å². The molecule has 96 valence electrons. The zero-order chi connectivity index (χ0) is 13.4. The number of hydrogen-bond donors (Lipinski definition) is 0. The number of aryl methyl sites for hydroxylation is 1. The Kier molecular flexibility index (Phi) is 1.97. The molecule has 5 rings (SSSR count). The normalized spacial score (nSPS) is 22.4. The van der Waals surface area contributed by atoms with E-state index >= 15 is 0 Å². The summed E-state index contributed by atoms with van der Waals surface area (Å²) in [6.07, 6.45) is 4.71. The first-order valence-electron chi connectivity index (χ1n) is 7.00. The fourth-order valence-electron chi connectivity index (χ4n) is 4.22. The molecule has 0 N–H and O–H groups in total. The van der Waals surface area contributed by atoms with Crippen molar-refractivity contribution < 1.29 is 0 Å². The van der Waals surface area contributed by atoms with Gasteiger partial charge in [0.1, 0.15) is 0 Å². The van der Waals surface area contributed by atoms with Gasteiger partial charge in [-0.3, -0.25) is 0 Å². The lowest BCUT2D eigenvalue weighted by Gasteiger charge is -2.39. The summed E-state index contributed by atoms with van der Waals surface area (Å²) >= 11 is 0. The highest BCUT2D eigenvalue weighted by molar-refractivity contribution is 7.01. The number of aromatic nitrogens is 1. The number of nitrogens with zero attached hydrogens (tertiary/aromatic N) is 1. The summed E-state index contributed by atoms with van der Waals surface area (Å²) in [5.41, 5.74) is 8.15. The summed E-state index contributed by atoms with van der Waals surface area (Å²) in [7, 11) is -1.13. The first-order chi connectivity index (χ1) is 9.00. The molecular formula is C17H19NSi. The van der Waals surface area contributed by atoms with Crippen molar-refractivity contribution in [1.29, 1.82) is 0 Å². The third-order valence-electron chi connectivity index (χ3n) is 4.96. The van der Waals surface area contributed by atoms with E-state index in [2.05, 4.69) is 68.2 Å². The SMILES string of the molecule is CC1=C2c3cn(-c4ccc(C)cc4)cc3C1[Si]2(C)C. The molecule has 1 unspecified atom stereocenters. The fraction of sp³-hybridized carbons (Fsp3) is 0.294. The summed E-state index contributed by atoms with van der Waals surface area (Å²) < 4.78 is 2.30. The van der Waals surface area contributed by atoms with Crippen molar-refractivity contribution in [3.63, 3.8) is 0 Å². The highest BCUT2D eigenvalue weighted by Crippen LogP contribution is 2.61. The third kappa shape index (κ3) is 1.25. The first-order valence-corrected chi connectivity index (χ1v) is 10.1. The van der Waals surface area contributed by atoms with Crippen molar-refractivity contribution >= 4 is 13.3 Å². The maximum Gasteiger partial charge on any atom is 0.0931 e. The third-order valence-corrected chi connectivity index (χ3v) is 9.10. The van der Waals surface area contributed by atoms with Crippen molar-refractivity contribution in [3.05, 3.63) is 58.9 Å². The molecule has 0 radical (unpaired) electrons. The van der Waals surface area contributed by atoms with E-state index in [-0.39, 0.29) is 0 Å². The van der Waals surface area contributed by atoms with E-state index < -0.39 is 8.07 Å². The van der Waals surface area contributed by atoms with Crippen LogP contribution in [0.5, 0.6) is 0 Å². The molecule has 2 heteroatoms. The quantitative estimate of drug-likeness (QED) is 0.671. The molecule has 3 heterocycles. The molecule has 2 bridgehead atoms. The molecule has 0 spiro atoms. The highest BCUT2D eigenvalue weighted by atomic mass is 28.3. The minimum absolute atomic E-state index is 0.782. The minimum atomic E-state index is -1.13. The summed E-state index contributed by atoms with van der Waals surface area (Å²) in [4.78, 5) is 0. The van der Waals surface area contributed by atoms with E-state index in [1.807, 2.05) is 0 Å². The molecule has 2 aromatic rings. The average Bonchev–Trinajstić information content (AvgIpc) is 2.91. The van der Waals surface area contributed by atoms with Gasteiger partial charge < -0.3 is 4.57 Å². The Labute approximate surface area is 115 Å². The molecular weight excluding hydrogens is 246 g/mol. The van der Waals surface area contributed by atoms with Gasteiger partial charge in [-0.15, -0.1) is 0 Å². The van der Waals surface area contributed by atoms with Crippen LogP contribution < -0.4 is 0 Å². The van der Waals surface area contributed by atoms with Crippen LogP contribution in [0.1, 0.15) is 29.2 Å². The van der Waals surface area contributed by atoms with E-state index in [0.717, 1.165) is 5.54 Å². The van der Waals surface area contributed by atoms with Gasteiger partial charge in [-0.2, -0.15) is 0 Å². The first kappa shape index (κ1) is 11.3. The number of hydrogen-bond acceptors (Lipinski definition) is 0. The van der Waals surface area contributed by atoms with Gasteiger partial charge in [0.2, 0.25) is 0 Å². The predicted octanol–water partition coefficient (Wildman–Crippen LogP) is 4.46. The Bertz CT molecular complexity index is 716. The summed E-state index contributed by atoms with van der Waals surface area (Å²) in [6.45, 7) is 9.48. The van der Waals surface area contributed by atoms with E-state index in [1.165, 1.54) is 11.3 Å². The van der Waals surface area contributed by atoms with E-state index in [4.69, 9.17) is 0 Å². The molecule has 1 aromatic heterocycles. The molecule has 3 aliphatic rings. The van der Waals surface area contributed by atoms with Gasteiger partial charge >= 0.3 is 0 Å². The minimum Gasteiger partial charge on any atom is -0.323 e. The van der Waals surface area contributed by atoms with Crippen LogP contribution in [-0.4, -0.2) is 12.6 Å². The Morgan fingerprint density at radius 3 is 2.26 bits per heavy atom. The van der Waals surface area contributed by atoms with Gasteiger partial charge in [0.25, 0.3) is 0 Å². The summed E-state index contributed by atoms with van der Waals surface area (Å²) in [5, 5.41) is 1.72. The average molecular weight is 265 g/mol. The largest absolute Gasteiger partial charge is 0.323 e. The maximum absolute atomic E-state index is 2.51. The standard InChI is InChI=1S/C17H19NSi/c1-11-5-7-13(8-6-11)18-9-14-15(10-18)17-12(2)16(14)19(17,3)4/h5-10,16H,1-4H3. The lowest BCUT2D eigenvalue weighted by Crippen LogP contribution is -2.41. The lowest BCUT2D eigenvalue weighted by molar-refractivity contribution is 1.01. The molecule has 0 saturated carbocycles. The summed E-state index contributed by atoms with van der Waals surface area (Å²) in [5.74, 6) is 0. The molecule has 19 heavy (non-hydrogen) atoms. The molecule has 1 aromatic carbocycles. The Hall–Kier alpha value is -1.54. The van der Waals surface area contributed by atoms with E-state index in [1.54, 1.807) is 21.9 Å². The van der Waals surface area contributed by atoms with Crippen LogP contribution in [0.15, 0.2) is 42.2 Å². The zero-order valence-electron chi connectivity index (χ0n) is 12.0. The maximum atomic E-state index is 2.51. The predicted molar refractivity (Wildman–Crippen MR) is 83.3 cm³/mol. The van der Waals surface area contributed by atoms with Crippen LogP contribution in [0.25, 0.3) is 10.9 Å². The van der Waals surface area contributed by atoms with Crippen LogP contribution in [0.2, 0.25) is 13.1 Å².